The normalized spacial score (nSPS) is 10.3. The molecule has 5 nitrogen and oxygen atoms in total. The van der Waals surface area contributed by atoms with E-state index in [0.29, 0.717) is 12.2 Å². The Morgan fingerprint density at radius 1 is 1.23 bits per heavy atom. The highest BCUT2D eigenvalue weighted by Crippen LogP contribution is 2.16. The van der Waals surface area contributed by atoms with E-state index in [-0.39, 0.29) is 5.91 Å². The number of nitrogens with zero attached hydrogens (tertiary/aromatic N) is 1. The molecule has 2 rings (SSSR count). The average molecular weight is 364 g/mol. The van der Waals surface area contributed by atoms with Gasteiger partial charge in [-0.05, 0) is 36.8 Å². The van der Waals surface area contributed by atoms with E-state index < -0.39 is 0 Å². The molecular weight excluding hydrogens is 346 g/mol. The number of aromatic nitrogens is 1. The molecule has 1 amide bonds. The summed E-state index contributed by atoms with van der Waals surface area (Å²) in [6.45, 7) is 1.47. The molecule has 1 aromatic heterocycles. The second-order valence-electron chi connectivity index (χ2n) is 4.70. The van der Waals surface area contributed by atoms with Crippen molar-refractivity contribution in [2.75, 3.05) is 30.9 Å². The second-order valence-corrected chi connectivity index (χ2v) is 5.61. The van der Waals surface area contributed by atoms with Crippen LogP contribution in [0.25, 0.3) is 0 Å². The van der Waals surface area contributed by atoms with Gasteiger partial charge in [-0.3, -0.25) is 9.78 Å². The maximum atomic E-state index is 12.2. The number of pyridine rings is 1. The van der Waals surface area contributed by atoms with Crippen LogP contribution in [0, 0.1) is 0 Å². The molecule has 0 aliphatic rings. The van der Waals surface area contributed by atoms with Gasteiger partial charge in [-0.2, -0.15) is 0 Å². The molecule has 0 radical (unpaired) electrons. The van der Waals surface area contributed by atoms with Crippen LogP contribution in [0.3, 0.4) is 0 Å². The summed E-state index contributed by atoms with van der Waals surface area (Å²) in [5.74, 6) is -0.185. The van der Waals surface area contributed by atoms with Crippen molar-refractivity contribution in [1.82, 2.24) is 4.98 Å². The lowest BCUT2D eigenvalue weighted by Crippen LogP contribution is -2.13. The van der Waals surface area contributed by atoms with Gasteiger partial charge in [-0.15, -0.1) is 0 Å². The molecule has 1 heterocycles. The number of anilines is 2. The fraction of sp³-hybridized carbons (Fsp3) is 0.250. The summed E-state index contributed by atoms with van der Waals surface area (Å²) >= 11 is 3.36. The number of nitrogens with one attached hydrogen (secondary N) is 2. The van der Waals surface area contributed by atoms with E-state index in [1.54, 1.807) is 25.6 Å². The number of methoxy groups -OCH3 is 1. The fourth-order valence-electron chi connectivity index (χ4n) is 1.85. The largest absolute Gasteiger partial charge is 0.385 e. The zero-order valence-electron chi connectivity index (χ0n) is 12.3. The van der Waals surface area contributed by atoms with E-state index >= 15 is 0 Å². The van der Waals surface area contributed by atoms with Crippen LogP contribution in [-0.2, 0) is 4.74 Å². The lowest BCUT2D eigenvalue weighted by Gasteiger charge is -2.08. The Morgan fingerprint density at radius 2 is 2.00 bits per heavy atom. The molecule has 0 aliphatic heterocycles. The maximum Gasteiger partial charge on any atom is 0.257 e. The van der Waals surface area contributed by atoms with E-state index in [0.717, 1.165) is 28.8 Å². The van der Waals surface area contributed by atoms with Crippen LogP contribution in [0.1, 0.15) is 16.8 Å². The van der Waals surface area contributed by atoms with Crippen molar-refractivity contribution in [2.24, 2.45) is 0 Å². The molecule has 1 aromatic carbocycles. The van der Waals surface area contributed by atoms with Crippen molar-refractivity contribution < 1.29 is 9.53 Å². The summed E-state index contributed by atoms with van der Waals surface area (Å²) in [7, 11) is 1.68. The van der Waals surface area contributed by atoms with Crippen LogP contribution in [0.4, 0.5) is 11.4 Å². The molecule has 0 fully saturated rings. The molecule has 0 atom stereocenters. The van der Waals surface area contributed by atoms with Gasteiger partial charge in [0.1, 0.15) is 0 Å². The van der Waals surface area contributed by atoms with E-state index in [1.165, 1.54) is 0 Å². The van der Waals surface area contributed by atoms with Gasteiger partial charge in [-0.1, -0.05) is 15.9 Å². The molecule has 2 N–H and O–H groups in total. The van der Waals surface area contributed by atoms with Gasteiger partial charge in [0.15, 0.2) is 0 Å². The number of amides is 1. The Balaban J connectivity index is 1.96. The topological polar surface area (TPSA) is 63.2 Å². The minimum absolute atomic E-state index is 0.185. The first kappa shape index (κ1) is 16.5. The Hall–Kier alpha value is -1.92. The fourth-order valence-corrected chi connectivity index (χ4v) is 2.11. The Bertz CT molecular complexity index is 617. The number of hydrogen-bond donors (Lipinski definition) is 2. The van der Waals surface area contributed by atoms with Crippen LogP contribution in [0.2, 0.25) is 0 Å². The van der Waals surface area contributed by atoms with Crippen molar-refractivity contribution in [3.63, 3.8) is 0 Å². The second kappa shape index (κ2) is 8.51. The van der Waals surface area contributed by atoms with Gasteiger partial charge in [-0.25, -0.2) is 0 Å². The minimum atomic E-state index is -0.185. The molecule has 116 valence electrons. The predicted octanol–water partition coefficient (Wildman–Crippen LogP) is 3.54. The highest BCUT2D eigenvalue weighted by Gasteiger charge is 2.07. The summed E-state index contributed by atoms with van der Waals surface area (Å²) in [5.41, 5.74) is 2.07. The van der Waals surface area contributed by atoms with Crippen molar-refractivity contribution in [1.29, 1.82) is 0 Å². The SMILES string of the molecule is COCCCNc1cncc(C(=O)Nc2ccc(Br)cc2)c1. The first-order valence-corrected chi connectivity index (χ1v) is 7.73. The molecular formula is C16H18BrN3O2. The van der Waals surface area contributed by atoms with Gasteiger partial charge in [0, 0.05) is 42.8 Å². The minimum Gasteiger partial charge on any atom is -0.385 e. The first-order valence-electron chi connectivity index (χ1n) is 6.94. The number of rotatable bonds is 7. The molecule has 0 aliphatic carbocycles. The van der Waals surface area contributed by atoms with Crippen molar-refractivity contribution in [3.05, 3.63) is 52.8 Å². The number of benzene rings is 1. The van der Waals surface area contributed by atoms with Crippen LogP contribution >= 0.6 is 15.9 Å². The Labute approximate surface area is 138 Å². The van der Waals surface area contributed by atoms with Crippen LogP contribution in [-0.4, -0.2) is 31.2 Å². The molecule has 0 spiro atoms. The molecule has 0 unspecified atom stereocenters. The third-order valence-electron chi connectivity index (χ3n) is 2.96. The Morgan fingerprint density at radius 3 is 2.73 bits per heavy atom. The third-order valence-corrected chi connectivity index (χ3v) is 3.49. The van der Waals surface area contributed by atoms with Crippen LogP contribution < -0.4 is 10.6 Å². The van der Waals surface area contributed by atoms with Crippen LogP contribution in [0.15, 0.2) is 47.2 Å². The third kappa shape index (κ3) is 5.13. The lowest BCUT2D eigenvalue weighted by atomic mass is 10.2. The summed E-state index contributed by atoms with van der Waals surface area (Å²) in [6, 6.07) is 9.21. The number of hydrogen-bond acceptors (Lipinski definition) is 4. The average Bonchev–Trinajstić information content (AvgIpc) is 2.54. The summed E-state index contributed by atoms with van der Waals surface area (Å²) in [5, 5.41) is 6.06. The molecule has 0 bridgehead atoms. The molecule has 0 saturated carbocycles. The van der Waals surface area contributed by atoms with Gasteiger partial charge in [0.25, 0.3) is 5.91 Å². The van der Waals surface area contributed by atoms with Gasteiger partial charge < -0.3 is 15.4 Å². The van der Waals surface area contributed by atoms with E-state index in [2.05, 4.69) is 31.5 Å². The maximum absolute atomic E-state index is 12.2. The highest BCUT2D eigenvalue weighted by atomic mass is 79.9. The van der Waals surface area contributed by atoms with Crippen molar-refractivity contribution in [2.45, 2.75) is 6.42 Å². The number of halogens is 1. The van der Waals surface area contributed by atoms with E-state index in [1.807, 2.05) is 24.3 Å². The lowest BCUT2D eigenvalue weighted by molar-refractivity contribution is 0.102. The predicted molar refractivity (Wildman–Crippen MR) is 91.3 cm³/mol. The van der Waals surface area contributed by atoms with E-state index in [9.17, 15) is 4.79 Å². The first-order chi connectivity index (χ1) is 10.7. The molecule has 6 heteroatoms. The zero-order chi connectivity index (χ0) is 15.8. The number of ether oxygens (including phenoxy) is 1. The summed E-state index contributed by atoms with van der Waals surface area (Å²) < 4.78 is 5.96. The van der Waals surface area contributed by atoms with Crippen LogP contribution in [0.5, 0.6) is 0 Å². The van der Waals surface area contributed by atoms with Gasteiger partial charge in [0.05, 0.1) is 11.3 Å². The Kier molecular flexibility index (Phi) is 6.36. The zero-order valence-corrected chi connectivity index (χ0v) is 13.9. The highest BCUT2D eigenvalue weighted by molar-refractivity contribution is 9.10. The number of carbonyl (C=O) groups excluding carboxylic acids is 1. The van der Waals surface area contributed by atoms with E-state index in [4.69, 9.17) is 4.74 Å². The summed E-state index contributed by atoms with van der Waals surface area (Å²) in [4.78, 5) is 16.3. The molecule has 22 heavy (non-hydrogen) atoms. The van der Waals surface area contributed by atoms with Crippen molar-refractivity contribution in [3.8, 4) is 0 Å². The van der Waals surface area contributed by atoms with Crippen molar-refractivity contribution >= 4 is 33.2 Å². The molecule has 2 aromatic rings. The molecule has 0 saturated heterocycles. The standard InChI is InChI=1S/C16H18BrN3O2/c1-22-8-2-7-19-15-9-12(10-18-11-15)16(21)20-14-5-3-13(17)4-6-14/h3-6,9-11,19H,2,7-8H2,1H3,(H,20,21). The smallest absolute Gasteiger partial charge is 0.257 e. The number of carbonyl (C=O) groups is 1. The quantitative estimate of drug-likeness (QED) is 0.738. The summed E-state index contributed by atoms with van der Waals surface area (Å²) in [6.07, 6.45) is 4.14. The van der Waals surface area contributed by atoms with Gasteiger partial charge >= 0.3 is 0 Å². The monoisotopic (exact) mass is 363 g/mol. The van der Waals surface area contributed by atoms with Gasteiger partial charge in [0.2, 0.25) is 0 Å².